The molecular weight excluding hydrogens is 358 g/mol. The summed E-state index contributed by atoms with van der Waals surface area (Å²) in [5.41, 5.74) is 4.92. The quantitative estimate of drug-likeness (QED) is 0.499. The molecule has 0 atom stereocenters. The summed E-state index contributed by atoms with van der Waals surface area (Å²) in [6.45, 7) is 6.32. The van der Waals surface area contributed by atoms with Crippen molar-refractivity contribution in [3.8, 4) is 0 Å². The van der Waals surface area contributed by atoms with Gasteiger partial charge in [0.25, 0.3) is 5.91 Å². The number of hydrogen-bond donors (Lipinski definition) is 0. The highest BCUT2D eigenvalue weighted by Crippen LogP contribution is 2.33. The smallest absolute Gasteiger partial charge is 0.298 e. The van der Waals surface area contributed by atoms with Gasteiger partial charge in [-0.2, -0.15) is 0 Å². The van der Waals surface area contributed by atoms with Crippen LogP contribution in [0.4, 0.5) is 5.13 Å². The van der Waals surface area contributed by atoms with Crippen molar-refractivity contribution in [3.63, 3.8) is 0 Å². The number of amides is 1. The van der Waals surface area contributed by atoms with Crippen LogP contribution in [0.25, 0.3) is 10.2 Å². The Morgan fingerprint density at radius 2 is 1.89 bits per heavy atom. The lowest BCUT2D eigenvalue weighted by Crippen LogP contribution is -2.30. The number of anilines is 1. The second kappa shape index (κ2) is 6.96. The average molecular weight is 377 g/mol. The average Bonchev–Trinajstić information content (AvgIpc) is 3.26. The van der Waals surface area contributed by atoms with Crippen LogP contribution in [0.15, 0.2) is 53.1 Å². The van der Waals surface area contributed by atoms with Crippen LogP contribution in [0.2, 0.25) is 0 Å². The fourth-order valence-corrected chi connectivity index (χ4v) is 4.20. The Morgan fingerprint density at radius 3 is 2.59 bits per heavy atom. The molecule has 2 heterocycles. The molecule has 0 aliphatic heterocycles. The second-order valence-electron chi connectivity index (χ2n) is 6.63. The Bertz CT molecular complexity index is 1120. The lowest BCUT2D eigenvalue weighted by molar-refractivity contribution is 0.0949. The van der Waals surface area contributed by atoms with E-state index in [0.29, 0.717) is 17.4 Å². The number of fused-ring (bicyclic) bond motifs is 1. The standard InChI is InChI=1S/C21H19N3O2S/c1-13-9-14(2)19-18(10-13)27-21(22-19)24(12-16-7-5-4-6-8-16)20(25)17-11-15(3)23-26-17/h4-11H,12H2,1-3H3. The molecule has 5 nitrogen and oxygen atoms in total. The van der Waals surface area contributed by atoms with Gasteiger partial charge in [-0.25, -0.2) is 4.98 Å². The molecule has 0 aliphatic carbocycles. The fourth-order valence-electron chi connectivity index (χ4n) is 3.06. The molecule has 136 valence electrons. The summed E-state index contributed by atoms with van der Waals surface area (Å²) in [5.74, 6) is -0.0246. The summed E-state index contributed by atoms with van der Waals surface area (Å²) < 4.78 is 6.29. The van der Waals surface area contributed by atoms with Crippen molar-refractivity contribution in [2.45, 2.75) is 27.3 Å². The van der Waals surface area contributed by atoms with Crippen LogP contribution in [-0.2, 0) is 6.54 Å². The molecule has 6 heteroatoms. The van der Waals surface area contributed by atoms with Gasteiger partial charge in [0.15, 0.2) is 5.13 Å². The molecule has 0 spiro atoms. The zero-order valence-corrected chi connectivity index (χ0v) is 16.2. The Morgan fingerprint density at radius 1 is 1.11 bits per heavy atom. The number of hydrogen-bond acceptors (Lipinski definition) is 5. The van der Waals surface area contributed by atoms with Crippen LogP contribution in [0.3, 0.4) is 0 Å². The van der Waals surface area contributed by atoms with Gasteiger partial charge in [-0.3, -0.25) is 9.69 Å². The Balaban J connectivity index is 1.79. The third-order valence-electron chi connectivity index (χ3n) is 4.32. The molecule has 0 N–H and O–H groups in total. The van der Waals surface area contributed by atoms with E-state index in [0.717, 1.165) is 21.3 Å². The van der Waals surface area contributed by atoms with E-state index >= 15 is 0 Å². The molecule has 0 saturated carbocycles. The highest BCUT2D eigenvalue weighted by Gasteiger charge is 2.25. The predicted octanol–water partition coefficient (Wildman–Crippen LogP) is 5.06. The van der Waals surface area contributed by atoms with Crippen molar-refractivity contribution < 1.29 is 9.32 Å². The maximum Gasteiger partial charge on any atom is 0.298 e. The number of carbonyl (C=O) groups is 1. The van der Waals surface area contributed by atoms with Crippen molar-refractivity contribution in [3.05, 3.63) is 76.7 Å². The molecule has 4 aromatic rings. The van der Waals surface area contributed by atoms with Crippen LogP contribution in [0, 0.1) is 20.8 Å². The third kappa shape index (κ3) is 3.48. The SMILES string of the molecule is Cc1cc(C)c2nc(N(Cc3ccccc3)C(=O)c3cc(C)no3)sc2c1. The Labute approximate surface area is 161 Å². The van der Waals surface area contributed by atoms with E-state index < -0.39 is 0 Å². The molecule has 1 amide bonds. The van der Waals surface area contributed by atoms with Gasteiger partial charge in [-0.1, -0.05) is 52.9 Å². The lowest BCUT2D eigenvalue weighted by atomic mass is 10.1. The summed E-state index contributed by atoms with van der Waals surface area (Å²) in [5, 5.41) is 4.50. The monoisotopic (exact) mass is 377 g/mol. The fraction of sp³-hybridized carbons (Fsp3) is 0.190. The molecule has 0 bridgehead atoms. The molecule has 0 saturated heterocycles. The van der Waals surface area contributed by atoms with E-state index in [1.54, 1.807) is 17.9 Å². The van der Waals surface area contributed by atoms with E-state index in [1.807, 2.05) is 37.3 Å². The summed E-state index contributed by atoms with van der Waals surface area (Å²) in [7, 11) is 0. The van der Waals surface area contributed by atoms with Gasteiger partial charge in [0.2, 0.25) is 5.76 Å². The highest BCUT2D eigenvalue weighted by molar-refractivity contribution is 7.22. The van der Waals surface area contributed by atoms with Gasteiger partial charge in [0, 0.05) is 6.07 Å². The minimum absolute atomic E-state index is 0.218. The molecule has 0 unspecified atom stereocenters. The van der Waals surface area contributed by atoms with E-state index in [4.69, 9.17) is 9.51 Å². The molecule has 0 radical (unpaired) electrons. The Hall–Kier alpha value is -2.99. The van der Waals surface area contributed by atoms with Gasteiger partial charge in [0.05, 0.1) is 22.5 Å². The number of thiazole rings is 1. The lowest BCUT2D eigenvalue weighted by Gasteiger charge is -2.18. The van der Waals surface area contributed by atoms with E-state index in [2.05, 4.69) is 24.2 Å². The largest absolute Gasteiger partial charge is 0.351 e. The normalized spacial score (nSPS) is 11.1. The summed E-state index contributed by atoms with van der Waals surface area (Å²) >= 11 is 1.51. The maximum absolute atomic E-state index is 13.2. The first kappa shape index (κ1) is 17.4. The van der Waals surface area contributed by atoms with Crippen LogP contribution in [0.5, 0.6) is 0 Å². The van der Waals surface area contributed by atoms with Crippen LogP contribution < -0.4 is 4.90 Å². The molecule has 2 aromatic carbocycles. The number of rotatable bonds is 4. The predicted molar refractivity (Wildman–Crippen MR) is 107 cm³/mol. The molecule has 0 fully saturated rings. The molecule has 0 aliphatic rings. The van der Waals surface area contributed by atoms with Crippen molar-refractivity contribution in [1.29, 1.82) is 0 Å². The number of aromatic nitrogens is 2. The number of carbonyl (C=O) groups excluding carboxylic acids is 1. The van der Waals surface area contributed by atoms with Crippen molar-refractivity contribution >= 4 is 32.6 Å². The van der Waals surface area contributed by atoms with Gasteiger partial charge < -0.3 is 4.52 Å². The number of benzene rings is 2. The minimum atomic E-state index is -0.243. The van der Waals surface area contributed by atoms with E-state index in [9.17, 15) is 4.79 Å². The summed E-state index contributed by atoms with van der Waals surface area (Å²) in [6, 6.07) is 15.7. The van der Waals surface area contributed by atoms with Gasteiger partial charge >= 0.3 is 0 Å². The van der Waals surface area contributed by atoms with Crippen LogP contribution in [-0.4, -0.2) is 16.0 Å². The molecular formula is C21H19N3O2S. The molecule has 2 aromatic heterocycles. The highest BCUT2D eigenvalue weighted by atomic mass is 32.1. The minimum Gasteiger partial charge on any atom is -0.351 e. The van der Waals surface area contributed by atoms with Crippen LogP contribution in [0.1, 0.15) is 32.9 Å². The number of aryl methyl sites for hydroxylation is 3. The Kier molecular flexibility index (Phi) is 4.49. The zero-order chi connectivity index (χ0) is 19.0. The molecule has 27 heavy (non-hydrogen) atoms. The number of nitrogens with zero attached hydrogens (tertiary/aromatic N) is 3. The van der Waals surface area contributed by atoms with Crippen molar-refractivity contribution in [2.75, 3.05) is 4.90 Å². The first-order valence-electron chi connectivity index (χ1n) is 8.68. The van der Waals surface area contributed by atoms with Gasteiger partial charge in [0.1, 0.15) is 0 Å². The maximum atomic E-state index is 13.2. The van der Waals surface area contributed by atoms with E-state index in [1.165, 1.54) is 16.9 Å². The van der Waals surface area contributed by atoms with Gasteiger partial charge in [-0.05, 0) is 43.5 Å². The van der Waals surface area contributed by atoms with E-state index in [-0.39, 0.29) is 11.7 Å². The molecule has 4 rings (SSSR count). The summed E-state index contributed by atoms with van der Waals surface area (Å²) in [6.07, 6.45) is 0. The topological polar surface area (TPSA) is 59.2 Å². The summed E-state index contributed by atoms with van der Waals surface area (Å²) in [4.78, 5) is 19.6. The van der Waals surface area contributed by atoms with Gasteiger partial charge in [-0.15, -0.1) is 0 Å². The zero-order valence-electron chi connectivity index (χ0n) is 15.4. The van der Waals surface area contributed by atoms with Crippen molar-refractivity contribution in [1.82, 2.24) is 10.1 Å². The first-order chi connectivity index (χ1) is 13.0. The third-order valence-corrected chi connectivity index (χ3v) is 5.34. The van der Waals surface area contributed by atoms with Crippen molar-refractivity contribution in [2.24, 2.45) is 0 Å². The van der Waals surface area contributed by atoms with Crippen LogP contribution >= 0.6 is 11.3 Å². The second-order valence-corrected chi connectivity index (χ2v) is 7.64. The first-order valence-corrected chi connectivity index (χ1v) is 9.50.